The van der Waals surface area contributed by atoms with Gasteiger partial charge in [-0.05, 0) is 41.5 Å². The Morgan fingerprint density at radius 2 is 2.00 bits per heavy atom. The van der Waals surface area contributed by atoms with Crippen LogP contribution in [0.25, 0.3) is 11.1 Å². The molecule has 0 heterocycles. The first-order valence-corrected chi connectivity index (χ1v) is 5.67. The first kappa shape index (κ1) is 12.5. The monoisotopic (exact) mass is 262 g/mol. The summed E-state index contributed by atoms with van der Waals surface area (Å²) in [5, 5.41) is 10.0. The van der Waals surface area contributed by atoms with Crippen molar-refractivity contribution in [3.05, 3.63) is 53.1 Å². The van der Waals surface area contributed by atoms with Crippen LogP contribution in [0.2, 0.25) is 5.02 Å². The lowest BCUT2D eigenvalue weighted by atomic mass is 9.99. The first-order valence-electron chi connectivity index (χ1n) is 5.29. The number of methoxy groups -OCH3 is 1. The van der Waals surface area contributed by atoms with Crippen molar-refractivity contribution < 1.29 is 14.6 Å². The fourth-order valence-corrected chi connectivity index (χ4v) is 1.91. The van der Waals surface area contributed by atoms with Crippen molar-refractivity contribution in [1.82, 2.24) is 0 Å². The number of carbonyl (C=O) groups excluding carboxylic acids is 1. The molecule has 92 valence electrons. The molecule has 0 aromatic heterocycles. The zero-order valence-electron chi connectivity index (χ0n) is 9.68. The molecule has 0 bridgehead atoms. The summed E-state index contributed by atoms with van der Waals surface area (Å²) in [5.74, 6) is -0.484. The van der Waals surface area contributed by atoms with Crippen molar-refractivity contribution in [2.45, 2.75) is 0 Å². The normalized spacial score (nSPS) is 10.1. The van der Waals surface area contributed by atoms with Crippen molar-refractivity contribution in [3.8, 4) is 16.9 Å². The molecule has 0 spiro atoms. The Bertz CT molecular complexity index is 593. The zero-order valence-corrected chi connectivity index (χ0v) is 10.4. The Morgan fingerprint density at radius 1 is 1.22 bits per heavy atom. The molecule has 3 nitrogen and oxygen atoms in total. The number of halogens is 1. The molecule has 0 radical (unpaired) electrons. The van der Waals surface area contributed by atoms with E-state index in [1.54, 1.807) is 24.3 Å². The van der Waals surface area contributed by atoms with Gasteiger partial charge in [-0.15, -0.1) is 0 Å². The lowest BCUT2D eigenvalue weighted by Gasteiger charge is -2.09. The Morgan fingerprint density at radius 3 is 2.67 bits per heavy atom. The third-order valence-electron chi connectivity index (χ3n) is 2.54. The molecule has 18 heavy (non-hydrogen) atoms. The minimum Gasteiger partial charge on any atom is -0.508 e. The lowest BCUT2D eigenvalue weighted by Crippen LogP contribution is -2.03. The highest BCUT2D eigenvalue weighted by molar-refractivity contribution is 6.30. The third-order valence-corrected chi connectivity index (χ3v) is 2.78. The SMILES string of the molecule is COC(=O)c1cc(O)ccc1-c1cccc(Cl)c1. The quantitative estimate of drug-likeness (QED) is 0.843. The number of phenols is 1. The van der Waals surface area contributed by atoms with Crippen LogP contribution in [0.15, 0.2) is 42.5 Å². The highest BCUT2D eigenvalue weighted by Crippen LogP contribution is 2.29. The molecule has 2 aromatic rings. The number of rotatable bonds is 2. The van der Waals surface area contributed by atoms with Crippen molar-refractivity contribution in [2.24, 2.45) is 0 Å². The summed E-state index contributed by atoms with van der Waals surface area (Å²) in [6.45, 7) is 0. The smallest absolute Gasteiger partial charge is 0.338 e. The minimum absolute atomic E-state index is 0.0150. The third kappa shape index (κ3) is 2.46. The van der Waals surface area contributed by atoms with E-state index in [2.05, 4.69) is 0 Å². The van der Waals surface area contributed by atoms with Gasteiger partial charge in [0.1, 0.15) is 5.75 Å². The number of esters is 1. The van der Waals surface area contributed by atoms with Crippen LogP contribution in [-0.2, 0) is 4.74 Å². The van der Waals surface area contributed by atoms with E-state index < -0.39 is 5.97 Å². The molecule has 0 aliphatic heterocycles. The lowest BCUT2D eigenvalue weighted by molar-refractivity contribution is 0.0601. The molecular formula is C14H11ClO3. The molecule has 1 N–H and O–H groups in total. The molecule has 0 unspecified atom stereocenters. The van der Waals surface area contributed by atoms with Crippen LogP contribution in [0, 0.1) is 0 Å². The predicted octanol–water partition coefficient (Wildman–Crippen LogP) is 3.50. The minimum atomic E-state index is -0.499. The van der Waals surface area contributed by atoms with Crippen LogP contribution in [-0.4, -0.2) is 18.2 Å². The molecule has 4 heteroatoms. The maximum atomic E-state index is 11.7. The van der Waals surface area contributed by atoms with E-state index in [9.17, 15) is 9.90 Å². The first-order chi connectivity index (χ1) is 8.61. The molecule has 0 amide bonds. The van der Waals surface area contributed by atoms with E-state index in [1.165, 1.54) is 19.2 Å². The molecule has 0 aliphatic carbocycles. The van der Waals surface area contributed by atoms with Gasteiger partial charge in [-0.3, -0.25) is 0 Å². The van der Waals surface area contributed by atoms with Crippen molar-refractivity contribution in [2.75, 3.05) is 7.11 Å². The van der Waals surface area contributed by atoms with Gasteiger partial charge in [0.15, 0.2) is 0 Å². The van der Waals surface area contributed by atoms with Gasteiger partial charge in [0, 0.05) is 5.02 Å². The molecule has 0 saturated carbocycles. The van der Waals surface area contributed by atoms with Gasteiger partial charge in [-0.1, -0.05) is 23.7 Å². The summed E-state index contributed by atoms with van der Waals surface area (Å²) < 4.78 is 4.70. The summed E-state index contributed by atoms with van der Waals surface area (Å²) >= 11 is 5.93. The largest absolute Gasteiger partial charge is 0.508 e. The number of carbonyl (C=O) groups is 1. The van der Waals surface area contributed by atoms with Crippen molar-refractivity contribution >= 4 is 17.6 Å². The number of ether oxygens (including phenoxy) is 1. The zero-order chi connectivity index (χ0) is 13.1. The molecule has 0 aliphatic rings. The Labute approximate surface area is 110 Å². The summed E-state index contributed by atoms with van der Waals surface area (Å²) in [6, 6.07) is 11.7. The van der Waals surface area contributed by atoms with Crippen LogP contribution >= 0.6 is 11.6 Å². The van der Waals surface area contributed by atoms with Gasteiger partial charge in [0.25, 0.3) is 0 Å². The van der Waals surface area contributed by atoms with Crippen LogP contribution in [0.5, 0.6) is 5.75 Å². The molecule has 2 aromatic carbocycles. The molecule has 0 atom stereocenters. The van der Waals surface area contributed by atoms with Crippen molar-refractivity contribution in [1.29, 1.82) is 0 Å². The molecule has 2 rings (SSSR count). The van der Waals surface area contributed by atoms with Gasteiger partial charge < -0.3 is 9.84 Å². The number of phenolic OH excluding ortho intramolecular Hbond substituents is 1. The van der Waals surface area contributed by atoms with E-state index in [-0.39, 0.29) is 5.75 Å². The number of benzene rings is 2. The van der Waals surface area contributed by atoms with Crippen LogP contribution < -0.4 is 0 Å². The standard InChI is InChI=1S/C14H11ClO3/c1-18-14(17)13-8-11(16)5-6-12(13)9-3-2-4-10(15)7-9/h2-8,16H,1H3. The van der Waals surface area contributed by atoms with Gasteiger partial charge in [-0.2, -0.15) is 0 Å². The average molecular weight is 263 g/mol. The predicted molar refractivity (Wildman–Crippen MR) is 69.9 cm³/mol. The van der Waals surface area contributed by atoms with E-state index in [0.717, 1.165) is 5.56 Å². The topological polar surface area (TPSA) is 46.5 Å². The summed E-state index contributed by atoms with van der Waals surface area (Å²) in [7, 11) is 1.30. The fraction of sp³-hybridized carbons (Fsp3) is 0.0714. The van der Waals surface area contributed by atoms with E-state index in [1.807, 2.05) is 6.07 Å². The van der Waals surface area contributed by atoms with E-state index in [0.29, 0.717) is 16.1 Å². The van der Waals surface area contributed by atoms with Gasteiger partial charge >= 0.3 is 5.97 Å². The summed E-state index contributed by atoms with van der Waals surface area (Å²) in [4.78, 5) is 11.7. The van der Waals surface area contributed by atoms with Crippen LogP contribution in [0.3, 0.4) is 0 Å². The second kappa shape index (κ2) is 5.10. The summed E-state index contributed by atoms with van der Waals surface area (Å²) in [5.41, 5.74) is 1.77. The highest BCUT2D eigenvalue weighted by Gasteiger charge is 2.14. The fourth-order valence-electron chi connectivity index (χ4n) is 1.72. The highest BCUT2D eigenvalue weighted by atomic mass is 35.5. The maximum Gasteiger partial charge on any atom is 0.338 e. The number of hydrogen-bond acceptors (Lipinski definition) is 3. The Hall–Kier alpha value is -2.00. The van der Waals surface area contributed by atoms with Crippen LogP contribution in [0.1, 0.15) is 10.4 Å². The van der Waals surface area contributed by atoms with E-state index >= 15 is 0 Å². The molecule has 0 saturated heterocycles. The maximum absolute atomic E-state index is 11.7. The second-order valence-corrected chi connectivity index (χ2v) is 4.17. The van der Waals surface area contributed by atoms with E-state index in [4.69, 9.17) is 16.3 Å². The Kier molecular flexibility index (Phi) is 3.53. The summed E-state index contributed by atoms with van der Waals surface area (Å²) in [6.07, 6.45) is 0. The van der Waals surface area contributed by atoms with Crippen LogP contribution in [0.4, 0.5) is 0 Å². The number of aromatic hydroxyl groups is 1. The van der Waals surface area contributed by atoms with Gasteiger partial charge in [0.05, 0.1) is 12.7 Å². The number of hydrogen-bond donors (Lipinski definition) is 1. The average Bonchev–Trinajstić information content (AvgIpc) is 2.37. The van der Waals surface area contributed by atoms with Gasteiger partial charge in [-0.25, -0.2) is 4.79 Å². The second-order valence-electron chi connectivity index (χ2n) is 3.73. The molecule has 0 fully saturated rings. The van der Waals surface area contributed by atoms with Gasteiger partial charge in [0.2, 0.25) is 0 Å². The van der Waals surface area contributed by atoms with Crippen molar-refractivity contribution in [3.63, 3.8) is 0 Å². The molecular weight excluding hydrogens is 252 g/mol. The Balaban J connectivity index is 2.60.